The van der Waals surface area contributed by atoms with E-state index < -0.39 is 0 Å². The first-order valence-electron chi connectivity index (χ1n) is 7.76. The third-order valence-corrected chi connectivity index (χ3v) is 4.93. The minimum atomic E-state index is -0.202. The van der Waals surface area contributed by atoms with Crippen molar-refractivity contribution in [3.8, 4) is 0 Å². The number of carbonyl (C=O) groups excluding carboxylic acids is 2. The number of rotatable bonds is 5. The van der Waals surface area contributed by atoms with Crippen LogP contribution < -0.4 is 5.32 Å². The molecule has 3 heterocycles. The summed E-state index contributed by atoms with van der Waals surface area (Å²) in [5, 5.41) is 4.85. The van der Waals surface area contributed by atoms with Gasteiger partial charge in [0.2, 0.25) is 5.91 Å². The van der Waals surface area contributed by atoms with Crippen molar-refractivity contribution < 1.29 is 14.3 Å². The molecule has 0 bridgehead atoms. The van der Waals surface area contributed by atoms with Crippen LogP contribution in [0.2, 0.25) is 0 Å². The Morgan fingerprint density at radius 1 is 1.46 bits per heavy atom. The van der Waals surface area contributed by atoms with Crippen LogP contribution in [0.3, 0.4) is 0 Å². The average molecular weight is 348 g/mol. The Morgan fingerprint density at radius 3 is 3.00 bits per heavy atom. The fraction of sp³-hybridized carbons (Fsp3) is 0.438. The number of hydrogen-bond donors (Lipinski definition) is 1. The summed E-state index contributed by atoms with van der Waals surface area (Å²) in [6.07, 6.45) is 1.76. The zero-order chi connectivity index (χ0) is 17.1. The lowest BCUT2D eigenvalue weighted by Crippen LogP contribution is -2.42. The van der Waals surface area contributed by atoms with E-state index in [9.17, 15) is 9.59 Å². The molecule has 1 N–H and O–H groups in total. The Morgan fingerprint density at radius 2 is 2.29 bits per heavy atom. The Kier molecular flexibility index (Phi) is 4.96. The van der Waals surface area contributed by atoms with E-state index in [-0.39, 0.29) is 24.5 Å². The predicted octanol–water partition coefficient (Wildman–Crippen LogP) is 1.42. The van der Waals surface area contributed by atoms with Crippen LogP contribution in [-0.4, -0.2) is 46.5 Å². The predicted molar refractivity (Wildman–Crippen MR) is 89.7 cm³/mol. The highest BCUT2D eigenvalue weighted by molar-refractivity contribution is 7.09. The number of methoxy groups -OCH3 is 1. The highest BCUT2D eigenvalue weighted by Gasteiger charge is 2.30. The van der Waals surface area contributed by atoms with Gasteiger partial charge < -0.3 is 19.5 Å². The van der Waals surface area contributed by atoms with Crippen molar-refractivity contribution in [1.29, 1.82) is 0 Å². The summed E-state index contributed by atoms with van der Waals surface area (Å²) >= 11 is 1.60. The Labute approximate surface area is 144 Å². The highest BCUT2D eigenvalue weighted by Crippen LogP contribution is 2.24. The number of nitrogens with zero attached hydrogens (tertiary/aromatic N) is 3. The SMILES string of the molecule is COCC(=O)N1CCn2cc(C(=O)NCc3cccs3)nc2C1C. The summed E-state index contributed by atoms with van der Waals surface area (Å²) in [5.74, 6) is 0.460. The van der Waals surface area contributed by atoms with Gasteiger partial charge >= 0.3 is 0 Å². The van der Waals surface area contributed by atoms with Gasteiger partial charge in [-0.05, 0) is 18.4 Å². The molecule has 7 nitrogen and oxygen atoms in total. The molecule has 1 atom stereocenters. The summed E-state index contributed by atoms with van der Waals surface area (Å²) in [4.78, 5) is 31.7. The van der Waals surface area contributed by atoms with Gasteiger partial charge in [-0.3, -0.25) is 9.59 Å². The lowest BCUT2D eigenvalue weighted by atomic mass is 10.2. The van der Waals surface area contributed by atoms with E-state index in [2.05, 4.69) is 10.3 Å². The Bertz CT molecular complexity index is 726. The van der Waals surface area contributed by atoms with E-state index in [4.69, 9.17) is 4.74 Å². The Hall–Kier alpha value is -2.19. The number of amides is 2. The van der Waals surface area contributed by atoms with Crippen molar-refractivity contribution in [3.05, 3.63) is 40.1 Å². The average Bonchev–Trinajstić information content (AvgIpc) is 3.23. The molecule has 1 aliphatic heterocycles. The second-order valence-electron chi connectivity index (χ2n) is 5.64. The molecule has 0 spiro atoms. The maximum absolute atomic E-state index is 12.3. The van der Waals surface area contributed by atoms with Gasteiger partial charge in [-0.2, -0.15) is 0 Å². The first-order chi connectivity index (χ1) is 11.6. The molecule has 1 unspecified atom stereocenters. The van der Waals surface area contributed by atoms with Gasteiger partial charge in [0.05, 0.1) is 12.6 Å². The molecule has 1 aliphatic rings. The highest BCUT2D eigenvalue weighted by atomic mass is 32.1. The summed E-state index contributed by atoms with van der Waals surface area (Å²) in [5.41, 5.74) is 0.384. The quantitative estimate of drug-likeness (QED) is 0.887. The van der Waals surface area contributed by atoms with E-state index in [1.165, 1.54) is 7.11 Å². The van der Waals surface area contributed by atoms with Crippen molar-refractivity contribution in [2.24, 2.45) is 0 Å². The molecule has 24 heavy (non-hydrogen) atoms. The number of aromatic nitrogens is 2. The number of carbonyl (C=O) groups is 2. The first-order valence-corrected chi connectivity index (χ1v) is 8.64. The maximum Gasteiger partial charge on any atom is 0.271 e. The normalized spacial score (nSPS) is 16.8. The van der Waals surface area contributed by atoms with Crippen LogP contribution in [0.25, 0.3) is 0 Å². The van der Waals surface area contributed by atoms with Gasteiger partial charge in [0.1, 0.15) is 18.1 Å². The van der Waals surface area contributed by atoms with Crippen LogP contribution in [0.15, 0.2) is 23.7 Å². The zero-order valence-corrected chi connectivity index (χ0v) is 14.5. The van der Waals surface area contributed by atoms with Crippen LogP contribution in [0.1, 0.15) is 34.2 Å². The van der Waals surface area contributed by atoms with E-state index in [0.29, 0.717) is 25.3 Å². The van der Waals surface area contributed by atoms with Crippen molar-refractivity contribution in [2.45, 2.75) is 26.1 Å². The van der Waals surface area contributed by atoms with Crippen molar-refractivity contribution in [2.75, 3.05) is 20.3 Å². The van der Waals surface area contributed by atoms with Crippen LogP contribution in [0.4, 0.5) is 0 Å². The van der Waals surface area contributed by atoms with Gasteiger partial charge in [0.15, 0.2) is 0 Å². The number of fused-ring (bicyclic) bond motifs is 1. The molecule has 0 saturated carbocycles. The minimum absolute atomic E-state index is 0.0548. The number of nitrogens with one attached hydrogen (secondary N) is 1. The van der Waals surface area contributed by atoms with Gasteiger partial charge in [-0.25, -0.2) is 4.98 Å². The van der Waals surface area contributed by atoms with Crippen LogP contribution in [0.5, 0.6) is 0 Å². The first kappa shape index (κ1) is 16.7. The smallest absolute Gasteiger partial charge is 0.271 e. The van der Waals surface area contributed by atoms with E-state index >= 15 is 0 Å². The molecule has 3 rings (SSSR count). The van der Waals surface area contributed by atoms with Crippen molar-refractivity contribution in [1.82, 2.24) is 19.8 Å². The molecule has 0 fully saturated rings. The van der Waals surface area contributed by atoms with Gasteiger partial charge in [-0.15, -0.1) is 11.3 Å². The molecule has 0 aliphatic carbocycles. The lowest BCUT2D eigenvalue weighted by molar-refractivity contribution is -0.138. The zero-order valence-electron chi connectivity index (χ0n) is 13.7. The third kappa shape index (κ3) is 3.34. The third-order valence-electron chi connectivity index (χ3n) is 4.05. The van der Waals surface area contributed by atoms with Gasteiger partial charge in [-0.1, -0.05) is 6.07 Å². The fourth-order valence-corrected chi connectivity index (χ4v) is 3.46. The number of imidazole rings is 1. The van der Waals surface area contributed by atoms with Gasteiger partial charge in [0, 0.05) is 31.3 Å². The largest absolute Gasteiger partial charge is 0.375 e. The molecular formula is C16H20N4O3S. The van der Waals surface area contributed by atoms with Crippen LogP contribution >= 0.6 is 11.3 Å². The monoisotopic (exact) mass is 348 g/mol. The molecule has 0 saturated heterocycles. The number of hydrogen-bond acceptors (Lipinski definition) is 5. The molecule has 8 heteroatoms. The molecule has 0 aromatic carbocycles. The molecule has 2 aromatic heterocycles. The molecular weight excluding hydrogens is 328 g/mol. The summed E-state index contributed by atoms with van der Waals surface area (Å²) < 4.78 is 6.87. The second-order valence-corrected chi connectivity index (χ2v) is 6.67. The van der Waals surface area contributed by atoms with E-state index in [1.807, 2.05) is 29.0 Å². The summed E-state index contributed by atoms with van der Waals surface area (Å²) in [6.45, 7) is 3.67. The van der Waals surface area contributed by atoms with E-state index in [1.54, 1.807) is 22.4 Å². The van der Waals surface area contributed by atoms with Crippen molar-refractivity contribution in [3.63, 3.8) is 0 Å². The fourth-order valence-electron chi connectivity index (χ4n) is 2.82. The lowest BCUT2D eigenvalue weighted by Gasteiger charge is -2.33. The second kappa shape index (κ2) is 7.14. The van der Waals surface area contributed by atoms with Crippen LogP contribution in [-0.2, 0) is 22.6 Å². The molecule has 2 aromatic rings. The van der Waals surface area contributed by atoms with Gasteiger partial charge in [0.25, 0.3) is 5.91 Å². The molecule has 2 amide bonds. The number of ether oxygens (including phenoxy) is 1. The van der Waals surface area contributed by atoms with E-state index in [0.717, 1.165) is 10.7 Å². The number of thiophene rings is 1. The summed E-state index contributed by atoms with van der Waals surface area (Å²) in [6, 6.07) is 3.75. The molecule has 128 valence electrons. The summed E-state index contributed by atoms with van der Waals surface area (Å²) in [7, 11) is 1.50. The van der Waals surface area contributed by atoms with Crippen LogP contribution in [0, 0.1) is 0 Å². The van der Waals surface area contributed by atoms with Crippen molar-refractivity contribution >= 4 is 23.2 Å². The minimum Gasteiger partial charge on any atom is -0.375 e. The molecule has 0 radical (unpaired) electrons. The Balaban J connectivity index is 1.69. The maximum atomic E-state index is 12.3. The topological polar surface area (TPSA) is 76.5 Å². The standard InChI is InChI=1S/C16H20N4O3S/c1-11-15-18-13(16(22)17-8-12-4-3-7-24-12)9-19(15)5-6-20(11)14(21)10-23-2/h3-4,7,9,11H,5-6,8,10H2,1-2H3,(H,17,22).